The van der Waals surface area contributed by atoms with Crippen LogP contribution < -0.4 is 5.32 Å². The van der Waals surface area contributed by atoms with Crippen molar-refractivity contribution in [3.8, 4) is 0 Å². The number of carboxylic acids is 1. The molecule has 1 aromatic carbocycles. The minimum atomic E-state index is -0.798. The summed E-state index contributed by atoms with van der Waals surface area (Å²) in [5.41, 5.74) is 3.09. The summed E-state index contributed by atoms with van der Waals surface area (Å²) >= 11 is 0. The fourth-order valence-electron chi connectivity index (χ4n) is 1.83. The summed E-state index contributed by atoms with van der Waals surface area (Å²) in [5.74, 6) is -0.798. The van der Waals surface area contributed by atoms with Gasteiger partial charge >= 0.3 is 5.97 Å². The number of nitrogens with one attached hydrogen (secondary N) is 1. The predicted molar refractivity (Wildman–Crippen MR) is 48.4 cm³/mol. The van der Waals surface area contributed by atoms with Gasteiger partial charge in [0.2, 0.25) is 0 Å². The molecule has 2 N–H and O–H groups in total. The zero-order valence-electron chi connectivity index (χ0n) is 7.37. The van der Waals surface area contributed by atoms with E-state index in [1.165, 1.54) is 0 Å². The zero-order valence-corrected chi connectivity index (χ0v) is 7.37. The van der Waals surface area contributed by atoms with Crippen molar-refractivity contribution < 1.29 is 9.90 Å². The summed E-state index contributed by atoms with van der Waals surface area (Å²) in [7, 11) is 0. The fraction of sp³-hybridized carbons (Fsp3) is 0.300. The number of carbonyl (C=O) groups is 1. The Balaban J connectivity index is 2.52. The van der Waals surface area contributed by atoms with E-state index >= 15 is 0 Å². The maximum Gasteiger partial charge on any atom is 0.325 e. The summed E-state index contributed by atoms with van der Waals surface area (Å²) in [5, 5.41) is 11.9. The Kier molecular flexibility index (Phi) is 1.81. The van der Waals surface area contributed by atoms with Gasteiger partial charge in [0.05, 0.1) is 0 Å². The molecule has 0 aliphatic carbocycles. The van der Waals surface area contributed by atoms with Crippen LogP contribution in [0.2, 0.25) is 0 Å². The van der Waals surface area contributed by atoms with E-state index in [0.29, 0.717) is 6.54 Å². The maximum absolute atomic E-state index is 10.9. The molecule has 13 heavy (non-hydrogen) atoms. The van der Waals surface area contributed by atoms with E-state index in [0.717, 1.165) is 16.7 Å². The second-order valence-corrected chi connectivity index (χ2v) is 3.30. The van der Waals surface area contributed by atoms with Crippen LogP contribution in [-0.2, 0) is 11.3 Å². The Hall–Kier alpha value is -1.35. The van der Waals surface area contributed by atoms with Gasteiger partial charge in [-0.1, -0.05) is 18.2 Å². The third-order valence-electron chi connectivity index (χ3n) is 2.45. The standard InChI is InChI=1S/C10H11NO2/c1-6-3-2-4-7-5-11-9(8(6)7)10(12)13/h2-4,9,11H,5H2,1H3,(H,12,13)/t9-/m1/s1. The highest BCUT2D eigenvalue weighted by atomic mass is 16.4. The minimum absolute atomic E-state index is 0.517. The van der Waals surface area contributed by atoms with Crippen LogP contribution in [0.5, 0.6) is 0 Å². The lowest BCUT2D eigenvalue weighted by atomic mass is 10.00. The second-order valence-electron chi connectivity index (χ2n) is 3.30. The van der Waals surface area contributed by atoms with Crippen LogP contribution >= 0.6 is 0 Å². The first-order chi connectivity index (χ1) is 6.20. The van der Waals surface area contributed by atoms with Crippen LogP contribution in [0.4, 0.5) is 0 Å². The van der Waals surface area contributed by atoms with Crippen LogP contribution in [0.25, 0.3) is 0 Å². The number of hydrogen-bond acceptors (Lipinski definition) is 2. The number of aliphatic carboxylic acids is 1. The molecule has 1 aliphatic rings. The SMILES string of the molecule is Cc1cccc2c1[C@H](C(=O)O)NC2. The van der Waals surface area contributed by atoms with Crippen LogP contribution in [0, 0.1) is 6.92 Å². The summed E-state index contributed by atoms with van der Waals surface area (Å²) in [4.78, 5) is 10.9. The third kappa shape index (κ3) is 1.21. The normalized spacial score (nSPS) is 19.9. The lowest BCUT2D eigenvalue weighted by molar-refractivity contribution is -0.139. The Bertz CT molecular complexity index is 360. The van der Waals surface area contributed by atoms with E-state index in [1.54, 1.807) is 0 Å². The topological polar surface area (TPSA) is 49.3 Å². The van der Waals surface area contributed by atoms with Crippen LogP contribution in [0.1, 0.15) is 22.7 Å². The number of hydrogen-bond donors (Lipinski definition) is 2. The summed E-state index contributed by atoms with van der Waals surface area (Å²) in [6, 6.07) is 5.36. The fourth-order valence-corrected chi connectivity index (χ4v) is 1.83. The monoisotopic (exact) mass is 177 g/mol. The Labute approximate surface area is 76.4 Å². The first-order valence-electron chi connectivity index (χ1n) is 4.24. The molecule has 0 bridgehead atoms. The van der Waals surface area contributed by atoms with Gasteiger partial charge in [0.1, 0.15) is 6.04 Å². The molecule has 1 atom stereocenters. The number of fused-ring (bicyclic) bond motifs is 1. The molecule has 3 heteroatoms. The van der Waals surface area contributed by atoms with E-state index in [2.05, 4.69) is 5.32 Å². The molecule has 2 rings (SSSR count). The Morgan fingerprint density at radius 1 is 1.62 bits per heavy atom. The number of carboxylic acid groups (broad SMARTS) is 1. The Morgan fingerprint density at radius 2 is 2.38 bits per heavy atom. The van der Waals surface area contributed by atoms with Crippen molar-refractivity contribution in [2.75, 3.05) is 0 Å². The molecule has 0 fully saturated rings. The third-order valence-corrected chi connectivity index (χ3v) is 2.45. The number of aryl methyl sites for hydroxylation is 1. The van der Waals surface area contributed by atoms with E-state index in [-0.39, 0.29) is 0 Å². The van der Waals surface area contributed by atoms with Gasteiger partial charge in [-0.25, -0.2) is 0 Å². The van der Waals surface area contributed by atoms with Crippen molar-refractivity contribution in [3.63, 3.8) is 0 Å². The molecular weight excluding hydrogens is 166 g/mol. The largest absolute Gasteiger partial charge is 0.480 e. The highest BCUT2D eigenvalue weighted by Crippen LogP contribution is 2.28. The molecule has 1 aliphatic heterocycles. The maximum atomic E-state index is 10.9. The average molecular weight is 177 g/mol. The second kappa shape index (κ2) is 2.85. The van der Waals surface area contributed by atoms with E-state index in [1.807, 2.05) is 25.1 Å². The van der Waals surface area contributed by atoms with Crippen LogP contribution in [0.15, 0.2) is 18.2 Å². The molecule has 1 heterocycles. The summed E-state index contributed by atoms with van der Waals surface area (Å²) < 4.78 is 0. The van der Waals surface area contributed by atoms with Gasteiger partial charge in [0.15, 0.2) is 0 Å². The van der Waals surface area contributed by atoms with Gasteiger partial charge in [-0.2, -0.15) is 0 Å². The molecule has 0 spiro atoms. The van der Waals surface area contributed by atoms with Crippen LogP contribution in [0.3, 0.4) is 0 Å². The van der Waals surface area contributed by atoms with E-state index in [9.17, 15) is 4.79 Å². The molecular formula is C10H11NO2. The number of benzene rings is 1. The molecule has 0 unspecified atom stereocenters. The molecule has 1 aromatic rings. The molecule has 3 nitrogen and oxygen atoms in total. The number of rotatable bonds is 1. The van der Waals surface area contributed by atoms with Gasteiger partial charge in [0, 0.05) is 6.54 Å². The molecule has 0 saturated carbocycles. The van der Waals surface area contributed by atoms with Gasteiger partial charge < -0.3 is 5.11 Å². The lowest BCUT2D eigenvalue weighted by Crippen LogP contribution is -2.21. The smallest absolute Gasteiger partial charge is 0.325 e. The molecule has 0 aromatic heterocycles. The zero-order chi connectivity index (χ0) is 9.42. The van der Waals surface area contributed by atoms with Gasteiger partial charge in [-0.15, -0.1) is 0 Å². The van der Waals surface area contributed by atoms with Crippen molar-refractivity contribution in [2.45, 2.75) is 19.5 Å². The minimum Gasteiger partial charge on any atom is -0.480 e. The molecule has 0 amide bonds. The average Bonchev–Trinajstić information content (AvgIpc) is 2.49. The Morgan fingerprint density at radius 3 is 3.08 bits per heavy atom. The van der Waals surface area contributed by atoms with Crippen molar-refractivity contribution in [2.24, 2.45) is 0 Å². The van der Waals surface area contributed by atoms with E-state index in [4.69, 9.17) is 5.11 Å². The summed E-state index contributed by atoms with van der Waals surface area (Å²) in [6.07, 6.45) is 0. The predicted octanol–water partition coefficient (Wildman–Crippen LogP) is 1.22. The van der Waals surface area contributed by atoms with Crippen molar-refractivity contribution in [1.29, 1.82) is 0 Å². The van der Waals surface area contributed by atoms with Crippen molar-refractivity contribution in [1.82, 2.24) is 5.32 Å². The van der Waals surface area contributed by atoms with Crippen LogP contribution in [-0.4, -0.2) is 11.1 Å². The highest BCUT2D eigenvalue weighted by Gasteiger charge is 2.28. The van der Waals surface area contributed by atoms with Crippen molar-refractivity contribution >= 4 is 5.97 Å². The lowest BCUT2D eigenvalue weighted by Gasteiger charge is -2.08. The highest BCUT2D eigenvalue weighted by molar-refractivity contribution is 5.77. The molecule has 0 radical (unpaired) electrons. The first-order valence-corrected chi connectivity index (χ1v) is 4.24. The molecule has 0 saturated heterocycles. The summed E-state index contributed by atoms with van der Waals surface area (Å²) in [6.45, 7) is 2.61. The quantitative estimate of drug-likeness (QED) is 0.678. The van der Waals surface area contributed by atoms with Gasteiger partial charge in [-0.05, 0) is 23.6 Å². The van der Waals surface area contributed by atoms with Gasteiger partial charge in [-0.3, -0.25) is 10.1 Å². The van der Waals surface area contributed by atoms with Gasteiger partial charge in [0.25, 0.3) is 0 Å². The molecule has 68 valence electrons. The van der Waals surface area contributed by atoms with Crippen molar-refractivity contribution in [3.05, 3.63) is 34.9 Å². The first kappa shape index (κ1) is 8.26. The van der Waals surface area contributed by atoms with E-state index < -0.39 is 12.0 Å².